The summed E-state index contributed by atoms with van der Waals surface area (Å²) in [5.41, 5.74) is 2.98. The zero-order valence-electron chi connectivity index (χ0n) is 13.7. The number of hydrazone groups is 1. The number of nitrogens with one attached hydrogen (secondary N) is 1. The number of nitro groups is 1. The Morgan fingerprint density at radius 2 is 1.81 bits per heavy atom. The highest BCUT2D eigenvalue weighted by Crippen LogP contribution is 2.24. The molecule has 0 aliphatic rings. The molecule has 0 spiro atoms. The van der Waals surface area contributed by atoms with Gasteiger partial charge in [0.25, 0.3) is 11.6 Å². The maximum Gasteiger partial charge on any atom is 0.277 e. The third-order valence-corrected chi connectivity index (χ3v) is 3.62. The number of amides is 1. The topological polar surface area (TPSA) is 93.8 Å². The molecule has 130 valence electrons. The molecule has 7 nitrogen and oxygen atoms in total. The Bertz CT molecular complexity index is 963. The fraction of sp³-hybridized carbons (Fsp3) is 0.0526. The molecule has 0 aromatic heterocycles. The molecule has 1 N–H and O–H groups in total. The molecule has 0 fully saturated rings. The summed E-state index contributed by atoms with van der Waals surface area (Å²) < 4.78 is 5.57. The van der Waals surface area contributed by atoms with Crippen molar-refractivity contribution >= 4 is 28.6 Å². The number of carbonyl (C=O) groups excluding carboxylic acids is 1. The van der Waals surface area contributed by atoms with E-state index >= 15 is 0 Å². The number of hydrogen-bond donors (Lipinski definition) is 1. The van der Waals surface area contributed by atoms with Crippen molar-refractivity contribution in [2.45, 2.75) is 0 Å². The van der Waals surface area contributed by atoms with Crippen LogP contribution < -0.4 is 10.2 Å². The molecule has 0 heterocycles. The number of rotatable bonds is 6. The predicted molar refractivity (Wildman–Crippen MR) is 98.3 cm³/mol. The molecule has 0 aliphatic heterocycles. The molecule has 0 saturated carbocycles. The van der Waals surface area contributed by atoms with Crippen LogP contribution in [0.1, 0.15) is 5.56 Å². The van der Waals surface area contributed by atoms with Crippen LogP contribution >= 0.6 is 0 Å². The molecule has 1 amide bonds. The molecule has 0 unspecified atom stereocenters. The lowest BCUT2D eigenvalue weighted by Gasteiger charge is -2.08. The van der Waals surface area contributed by atoms with Crippen molar-refractivity contribution in [2.75, 3.05) is 6.61 Å². The summed E-state index contributed by atoms with van der Waals surface area (Å²) in [7, 11) is 0. The predicted octanol–water partition coefficient (Wildman–Crippen LogP) is 3.28. The van der Waals surface area contributed by atoms with Crippen molar-refractivity contribution in [3.63, 3.8) is 0 Å². The van der Waals surface area contributed by atoms with Gasteiger partial charge in [0.05, 0.1) is 11.1 Å². The van der Waals surface area contributed by atoms with Crippen molar-refractivity contribution in [3.05, 3.63) is 82.4 Å². The molecule has 3 aromatic rings. The molecule has 0 atom stereocenters. The lowest BCUT2D eigenvalue weighted by Crippen LogP contribution is -2.24. The number of hydrogen-bond acceptors (Lipinski definition) is 5. The maximum atomic E-state index is 11.8. The minimum atomic E-state index is -0.479. The van der Waals surface area contributed by atoms with Gasteiger partial charge in [0.2, 0.25) is 0 Å². The maximum absolute atomic E-state index is 11.8. The second-order valence-electron chi connectivity index (χ2n) is 5.41. The summed E-state index contributed by atoms with van der Waals surface area (Å²) in [5.74, 6) is 0.216. The molecular weight excluding hydrogens is 334 g/mol. The highest BCUT2D eigenvalue weighted by molar-refractivity contribution is 5.89. The summed E-state index contributed by atoms with van der Waals surface area (Å²) in [6.45, 7) is -0.175. The highest BCUT2D eigenvalue weighted by Gasteiger charge is 2.05. The van der Waals surface area contributed by atoms with Crippen LogP contribution in [-0.4, -0.2) is 23.7 Å². The first kappa shape index (κ1) is 17.1. The van der Waals surface area contributed by atoms with Gasteiger partial charge in [-0.3, -0.25) is 14.9 Å². The largest absolute Gasteiger partial charge is 0.483 e. The minimum Gasteiger partial charge on any atom is -0.483 e. The van der Waals surface area contributed by atoms with Crippen molar-refractivity contribution < 1.29 is 14.5 Å². The molecule has 0 aliphatic carbocycles. The Morgan fingerprint density at radius 1 is 1.08 bits per heavy atom. The lowest BCUT2D eigenvalue weighted by molar-refractivity contribution is -0.384. The van der Waals surface area contributed by atoms with Crippen molar-refractivity contribution in [3.8, 4) is 5.75 Å². The van der Waals surface area contributed by atoms with E-state index in [9.17, 15) is 14.9 Å². The Morgan fingerprint density at radius 3 is 2.58 bits per heavy atom. The Hall–Kier alpha value is -3.74. The van der Waals surface area contributed by atoms with Crippen LogP contribution in [0.5, 0.6) is 5.75 Å². The van der Waals surface area contributed by atoms with E-state index in [1.165, 1.54) is 18.3 Å². The summed E-state index contributed by atoms with van der Waals surface area (Å²) in [4.78, 5) is 22.0. The number of fused-ring (bicyclic) bond motifs is 1. The first-order valence-electron chi connectivity index (χ1n) is 7.80. The third-order valence-electron chi connectivity index (χ3n) is 3.62. The van der Waals surface area contributed by atoms with E-state index in [0.717, 1.165) is 10.8 Å². The summed E-state index contributed by atoms with van der Waals surface area (Å²) in [6.07, 6.45) is 1.40. The van der Waals surface area contributed by atoms with Gasteiger partial charge in [-0.25, -0.2) is 5.43 Å². The Labute approximate surface area is 149 Å². The molecular formula is C19H15N3O4. The van der Waals surface area contributed by atoms with Gasteiger partial charge in [-0.05, 0) is 29.1 Å². The van der Waals surface area contributed by atoms with Gasteiger partial charge < -0.3 is 4.74 Å². The SMILES string of the molecule is O=C(COc1cccc2ccccc12)N/N=C\c1ccc([N+](=O)[O-])cc1. The average molecular weight is 349 g/mol. The van der Waals surface area contributed by atoms with Gasteiger partial charge in [0.1, 0.15) is 5.75 Å². The first-order chi connectivity index (χ1) is 12.6. The van der Waals surface area contributed by atoms with Crippen molar-refractivity contribution in [1.29, 1.82) is 0 Å². The number of nitrogens with zero attached hydrogens (tertiary/aromatic N) is 2. The van der Waals surface area contributed by atoms with E-state index in [2.05, 4.69) is 10.5 Å². The molecule has 0 saturated heterocycles. The number of non-ortho nitro benzene ring substituents is 1. The lowest BCUT2D eigenvalue weighted by atomic mass is 10.1. The number of ether oxygens (including phenoxy) is 1. The van der Waals surface area contributed by atoms with E-state index in [4.69, 9.17) is 4.74 Å². The first-order valence-corrected chi connectivity index (χ1v) is 7.80. The van der Waals surface area contributed by atoms with Crippen LogP contribution in [0.2, 0.25) is 0 Å². The van der Waals surface area contributed by atoms with Crippen molar-refractivity contribution in [1.82, 2.24) is 5.43 Å². The minimum absolute atomic E-state index is 0.00493. The van der Waals surface area contributed by atoms with Crippen LogP contribution in [0.4, 0.5) is 5.69 Å². The van der Waals surface area contributed by atoms with Gasteiger partial charge in [-0.2, -0.15) is 5.10 Å². The molecule has 3 aromatic carbocycles. The van der Waals surface area contributed by atoms with Gasteiger partial charge in [0.15, 0.2) is 6.61 Å². The summed E-state index contributed by atoms with van der Waals surface area (Å²) in [5, 5.41) is 16.4. The van der Waals surface area contributed by atoms with Crippen LogP contribution in [-0.2, 0) is 4.79 Å². The molecule has 0 bridgehead atoms. The zero-order valence-corrected chi connectivity index (χ0v) is 13.7. The van der Waals surface area contributed by atoms with Crippen LogP contribution in [0, 0.1) is 10.1 Å². The monoisotopic (exact) mass is 349 g/mol. The van der Waals surface area contributed by atoms with Crippen molar-refractivity contribution in [2.24, 2.45) is 5.10 Å². The van der Waals surface area contributed by atoms with Crippen LogP contribution in [0.25, 0.3) is 10.8 Å². The van der Waals surface area contributed by atoms with E-state index in [1.807, 2.05) is 36.4 Å². The third kappa shape index (κ3) is 4.21. The van der Waals surface area contributed by atoms with E-state index in [0.29, 0.717) is 11.3 Å². The number of carbonyl (C=O) groups is 1. The van der Waals surface area contributed by atoms with Gasteiger partial charge in [-0.1, -0.05) is 36.4 Å². The van der Waals surface area contributed by atoms with Gasteiger partial charge >= 0.3 is 0 Å². The second-order valence-corrected chi connectivity index (χ2v) is 5.41. The van der Waals surface area contributed by atoms with E-state index in [1.54, 1.807) is 18.2 Å². The normalized spacial score (nSPS) is 10.8. The zero-order chi connectivity index (χ0) is 18.4. The molecule has 0 radical (unpaired) electrons. The van der Waals surface area contributed by atoms with Crippen LogP contribution in [0.3, 0.4) is 0 Å². The standard InChI is InChI=1S/C19H15N3O4/c23-19(21-20-12-14-8-10-16(11-9-14)22(24)25)13-26-18-7-3-5-15-4-1-2-6-17(15)18/h1-12H,13H2,(H,21,23)/b20-12-. The quantitative estimate of drug-likeness (QED) is 0.420. The fourth-order valence-electron chi connectivity index (χ4n) is 2.36. The average Bonchev–Trinajstić information content (AvgIpc) is 2.66. The number of nitro benzene ring substituents is 1. The van der Waals surface area contributed by atoms with E-state index in [-0.39, 0.29) is 12.3 Å². The molecule has 3 rings (SSSR count). The molecule has 26 heavy (non-hydrogen) atoms. The Kier molecular flexibility index (Phi) is 5.19. The van der Waals surface area contributed by atoms with Gasteiger partial charge in [-0.15, -0.1) is 0 Å². The van der Waals surface area contributed by atoms with Gasteiger partial charge in [0, 0.05) is 17.5 Å². The van der Waals surface area contributed by atoms with Crippen LogP contribution in [0.15, 0.2) is 71.8 Å². The highest BCUT2D eigenvalue weighted by atomic mass is 16.6. The number of benzene rings is 3. The second kappa shape index (κ2) is 7.89. The smallest absolute Gasteiger partial charge is 0.277 e. The molecule has 7 heteroatoms. The van der Waals surface area contributed by atoms with E-state index < -0.39 is 10.8 Å². The summed E-state index contributed by atoms with van der Waals surface area (Å²) in [6, 6.07) is 19.2. The summed E-state index contributed by atoms with van der Waals surface area (Å²) >= 11 is 0. The fourth-order valence-corrected chi connectivity index (χ4v) is 2.36. The Balaban J connectivity index is 1.55.